The van der Waals surface area contributed by atoms with E-state index >= 15 is 0 Å². The number of hydrogen-bond acceptors (Lipinski definition) is 5. The number of rotatable bonds is 4. The number of halogens is 1. The van der Waals surface area contributed by atoms with Gasteiger partial charge in [0.15, 0.2) is 4.60 Å². The normalized spacial score (nSPS) is 27.7. The van der Waals surface area contributed by atoms with E-state index in [0.29, 0.717) is 18.8 Å². The molecule has 2 N–H and O–H groups in total. The first kappa shape index (κ1) is 15.9. The Morgan fingerprint density at radius 3 is 2.60 bits per heavy atom. The third-order valence-electron chi connectivity index (χ3n) is 3.79. The van der Waals surface area contributed by atoms with Crippen molar-refractivity contribution in [1.29, 1.82) is 0 Å². The maximum absolute atomic E-state index is 12.2. The molecule has 20 heavy (non-hydrogen) atoms. The van der Waals surface area contributed by atoms with Crippen LogP contribution in [0.3, 0.4) is 0 Å². The fourth-order valence-corrected chi connectivity index (χ4v) is 4.59. The van der Waals surface area contributed by atoms with Crippen molar-refractivity contribution in [2.45, 2.75) is 43.2 Å². The zero-order valence-corrected chi connectivity index (χ0v) is 13.9. The molecule has 0 atom stereocenters. The summed E-state index contributed by atoms with van der Waals surface area (Å²) in [5.74, 6) is 0.585. The molecule has 1 aromatic heterocycles. The number of aromatic nitrogens is 3. The molecule has 1 heterocycles. The van der Waals surface area contributed by atoms with Crippen LogP contribution in [0.4, 0.5) is 0 Å². The second-order valence-corrected chi connectivity index (χ2v) is 7.97. The monoisotopic (exact) mass is 366 g/mol. The fraction of sp³-hybridized carbons (Fsp3) is 0.818. The van der Waals surface area contributed by atoms with Crippen molar-refractivity contribution in [3.8, 4) is 0 Å². The molecule has 1 aliphatic carbocycles. The quantitative estimate of drug-likeness (QED) is 0.821. The molecule has 0 unspecified atom stereocenters. The Labute approximate surface area is 126 Å². The Bertz CT molecular complexity index is 559. The summed E-state index contributed by atoms with van der Waals surface area (Å²) in [4.78, 5) is 0. The summed E-state index contributed by atoms with van der Waals surface area (Å²) in [6.07, 6.45) is 3.05. The van der Waals surface area contributed by atoms with Crippen LogP contribution in [-0.2, 0) is 17.1 Å². The van der Waals surface area contributed by atoms with Crippen molar-refractivity contribution in [3.05, 3.63) is 4.60 Å². The Morgan fingerprint density at radius 2 is 2.10 bits per heavy atom. The summed E-state index contributed by atoms with van der Waals surface area (Å²) >= 11 is 3.06. The second-order valence-electron chi connectivity index (χ2n) is 5.54. The lowest BCUT2D eigenvalue weighted by atomic mass is 9.80. The van der Waals surface area contributed by atoms with E-state index in [4.69, 9.17) is 0 Å². The third-order valence-corrected chi connectivity index (χ3v) is 6.08. The molecule has 0 saturated heterocycles. The maximum Gasteiger partial charge on any atom is 0.260 e. The molecule has 114 valence electrons. The van der Waals surface area contributed by atoms with Crippen LogP contribution >= 0.6 is 15.9 Å². The van der Waals surface area contributed by atoms with Crippen LogP contribution in [0, 0.1) is 5.92 Å². The number of aryl methyl sites for hydroxylation is 1. The summed E-state index contributed by atoms with van der Waals surface area (Å²) in [5.41, 5.74) is -0.960. The van der Waals surface area contributed by atoms with Crippen molar-refractivity contribution in [3.63, 3.8) is 0 Å². The zero-order valence-electron chi connectivity index (χ0n) is 11.5. The average molecular weight is 367 g/mol. The van der Waals surface area contributed by atoms with Crippen LogP contribution in [0.25, 0.3) is 0 Å². The van der Waals surface area contributed by atoms with Crippen LogP contribution in [0.2, 0.25) is 0 Å². The van der Waals surface area contributed by atoms with Gasteiger partial charge in [0.25, 0.3) is 10.0 Å². The molecule has 0 radical (unpaired) electrons. The molecule has 2 rings (SSSR count). The maximum atomic E-state index is 12.2. The van der Waals surface area contributed by atoms with Crippen LogP contribution in [0.1, 0.15) is 32.6 Å². The number of nitrogens with one attached hydrogen (secondary N) is 1. The highest BCUT2D eigenvalue weighted by Crippen LogP contribution is 2.31. The molecular weight excluding hydrogens is 348 g/mol. The SMILES string of the molecule is CC1CCC(O)(CNS(=O)(=O)c2c(Br)nnn2C)CC1. The standard InChI is InChI=1S/C11H19BrN4O3S/c1-8-3-5-11(17,6-4-8)7-13-20(18,19)10-9(12)14-15-16(10)2/h8,13,17H,3-7H2,1-2H3. The van der Waals surface area contributed by atoms with Crippen molar-refractivity contribution in [1.82, 2.24) is 19.7 Å². The van der Waals surface area contributed by atoms with Gasteiger partial charge in [-0.25, -0.2) is 17.8 Å². The van der Waals surface area contributed by atoms with Gasteiger partial charge in [-0.2, -0.15) is 0 Å². The van der Waals surface area contributed by atoms with Gasteiger partial charge < -0.3 is 5.11 Å². The third kappa shape index (κ3) is 3.38. The number of hydrogen-bond donors (Lipinski definition) is 2. The van der Waals surface area contributed by atoms with E-state index in [1.165, 1.54) is 11.7 Å². The van der Waals surface area contributed by atoms with Crippen LogP contribution in [0.5, 0.6) is 0 Å². The summed E-state index contributed by atoms with van der Waals surface area (Å²) in [6.45, 7) is 2.15. The fourth-order valence-electron chi connectivity index (χ4n) is 2.38. The second kappa shape index (κ2) is 5.70. The number of sulfonamides is 1. The molecule has 0 aliphatic heterocycles. The highest BCUT2D eigenvalue weighted by molar-refractivity contribution is 9.10. The number of nitrogens with zero attached hydrogens (tertiary/aromatic N) is 3. The molecule has 7 nitrogen and oxygen atoms in total. The van der Waals surface area contributed by atoms with E-state index in [1.54, 1.807) is 0 Å². The summed E-state index contributed by atoms with van der Waals surface area (Å²) in [6, 6.07) is 0. The molecule has 0 amide bonds. The lowest BCUT2D eigenvalue weighted by molar-refractivity contribution is -0.00185. The smallest absolute Gasteiger partial charge is 0.260 e. The molecule has 0 aromatic carbocycles. The van der Waals surface area contributed by atoms with Crippen molar-refractivity contribution >= 4 is 26.0 Å². The van der Waals surface area contributed by atoms with Gasteiger partial charge in [0.1, 0.15) is 0 Å². The first-order valence-electron chi connectivity index (χ1n) is 6.51. The van der Waals surface area contributed by atoms with Gasteiger partial charge in [0.05, 0.1) is 5.60 Å². The van der Waals surface area contributed by atoms with Gasteiger partial charge in [0, 0.05) is 13.6 Å². The number of aliphatic hydroxyl groups is 1. The molecule has 1 fully saturated rings. The molecule has 1 aromatic rings. The van der Waals surface area contributed by atoms with Gasteiger partial charge in [-0.15, -0.1) is 5.10 Å². The highest BCUT2D eigenvalue weighted by atomic mass is 79.9. The van der Waals surface area contributed by atoms with Gasteiger partial charge >= 0.3 is 0 Å². The Morgan fingerprint density at radius 1 is 1.50 bits per heavy atom. The molecule has 1 aliphatic rings. The van der Waals surface area contributed by atoms with E-state index in [2.05, 4.69) is 37.9 Å². The molecule has 0 bridgehead atoms. The molecular formula is C11H19BrN4O3S. The van der Waals surface area contributed by atoms with Gasteiger partial charge in [0.2, 0.25) is 5.03 Å². The minimum atomic E-state index is -3.75. The van der Waals surface area contributed by atoms with Gasteiger partial charge in [-0.3, -0.25) is 0 Å². The van der Waals surface area contributed by atoms with Gasteiger partial charge in [-0.05, 0) is 47.5 Å². The minimum Gasteiger partial charge on any atom is -0.389 e. The zero-order chi connectivity index (χ0) is 15.0. The molecule has 0 spiro atoms. The van der Waals surface area contributed by atoms with Crippen molar-refractivity contribution in [2.75, 3.05) is 6.54 Å². The molecule has 1 saturated carbocycles. The van der Waals surface area contributed by atoms with Gasteiger partial charge in [-0.1, -0.05) is 12.1 Å². The highest BCUT2D eigenvalue weighted by Gasteiger charge is 2.34. The predicted octanol–water partition coefficient (Wildman–Crippen LogP) is 0.797. The van der Waals surface area contributed by atoms with Crippen molar-refractivity contribution < 1.29 is 13.5 Å². The van der Waals surface area contributed by atoms with E-state index in [1.807, 2.05) is 0 Å². The van der Waals surface area contributed by atoms with Crippen LogP contribution < -0.4 is 4.72 Å². The van der Waals surface area contributed by atoms with Crippen LogP contribution in [0.15, 0.2) is 9.63 Å². The Balaban J connectivity index is 2.07. The largest absolute Gasteiger partial charge is 0.389 e. The van der Waals surface area contributed by atoms with Crippen molar-refractivity contribution in [2.24, 2.45) is 13.0 Å². The minimum absolute atomic E-state index is 0.0136. The lowest BCUT2D eigenvalue weighted by Gasteiger charge is -2.34. The van der Waals surface area contributed by atoms with Crippen LogP contribution in [-0.4, -0.2) is 40.7 Å². The lowest BCUT2D eigenvalue weighted by Crippen LogP contribution is -2.45. The van der Waals surface area contributed by atoms with E-state index in [9.17, 15) is 13.5 Å². The average Bonchev–Trinajstić information content (AvgIpc) is 2.72. The first-order valence-corrected chi connectivity index (χ1v) is 8.78. The van der Waals surface area contributed by atoms with E-state index in [0.717, 1.165) is 12.8 Å². The summed E-state index contributed by atoms with van der Waals surface area (Å²) in [7, 11) is -2.24. The topological polar surface area (TPSA) is 97.1 Å². The summed E-state index contributed by atoms with van der Waals surface area (Å²) in [5, 5.41) is 17.7. The molecule has 9 heteroatoms. The summed E-state index contributed by atoms with van der Waals surface area (Å²) < 4.78 is 28.3. The Kier molecular flexibility index (Phi) is 4.53. The Hall–Kier alpha value is -0.510. The van der Waals surface area contributed by atoms with E-state index in [-0.39, 0.29) is 16.2 Å². The predicted molar refractivity (Wildman–Crippen MR) is 76.5 cm³/mol. The van der Waals surface area contributed by atoms with E-state index < -0.39 is 15.6 Å². The first-order chi connectivity index (χ1) is 9.23.